The maximum Gasteiger partial charge on any atom is 0.490 e. The van der Waals surface area contributed by atoms with Gasteiger partial charge in [-0.25, -0.2) is 14.8 Å². The van der Waals surface area contributed by atoms with Crippen LogP contribution in [-0.2, 0) is 4.79 Å². The predicted octanol–water partition coefficient (Wildman–Crippen LogP) is 5.77. The SMILES string of the molecule is O=C(O)C(F)(F)F.O=C(c1ccccc1)N1CCN(C(=O)c2ccc(Nc3nccc(-c4ccc(Cl)cc4)n3)cc2)CC1. The Morgan fingerprint density at radius 3 is 1.79 bits per heavy atom. The zero-order valence-electron chi connectivity index (χ0n) is 22.5. The molecular weight excluding hydrogens is 587 g/mol. The van der Waals surface area contributed by atoms with E-state index in [2.05, 4.69) is 15.3 Å². The fourth-order valence-corrected chi connectivity index (χ4v) is 4.21. The zero-order chi connectivity index (χ0) is 31.0. The Morgan fingerprint density at radius 1 is 0.767 bits per heavy atom. The van der Waals surface area contributed by atoms with Crippen LogP contribution in [0.4, 0.5) is 24.8 Å². The van der Waals surface area contributed by atoms with Gasteiger partial charge in [-0.3, -0.25) is 9.59 Å². The summed E-state index contributed by atoms with van der Waals surface area (Å²) in [5.74, 6) is -2.34. The third kappa shape index (κ3) is 8.52. The lowest BCUT2D eigenvalue weighted by molar-refractivity contribution is -0.192. The maximum absolute atomic E-state index is 13.0. The van der Waals surface area contributed by atoms with Crippen molar-refractivity contribution in [1.82, 2.24) is 19.8 Å². The molecular formula is C30H25ClF3N5O4. The zero-order valence-corrected chi connectivity index (χ0v) is 23.2. The van der Waals surface area contributed by atoms with Gasteiger partial charge in [0.15, 0.2) is 0 Å². The van der Waals surface area contributed by atoms with Gasteiger partial charge in [-0.15, -0.1) is 0 Å². The fourth-order valence-electron chi connectivity index (χ4n) is 4.08. The van der Waals surface area contributed by atoms with Crippen LogP contribution in [0.5, 0.6) is 0 Å². The van der Waals surface area contributed by atoms with Crippen LogP contribution in [0.3, 0.4) is 0 Å². The number of carboxylic acid groups (broad SMARTS) is 1. The summed E-state index contributed by atoms with van der Waals surface area (Å²) in [5, 5.41) is 11.0. The number of nitrogens with zero attached hydrogens (tertiary/aromatic N) is 4. The van der Waals surface area contributed by atoms with Gasteiger partial charge in [0.05, 0.1) is 5.69 Å². The number of aliphatic carboxylic acids is 1. The van der Waals surface area contributed by atoms with Gasteiger partial charge < -0.3 is 20.2 Å². The van der Waals surface area contributed by atoms with Crippen LogP contribution in [0.15, 0.2) is 91.1 Å². The summed E-state index contributed by atoms with van der Waals surface area (Å²) in [7, 11) is 0. The van der Waals surface area contributed by atoms with Gasteiger partial charge in [0.25, 0.3) is 11.8 Å². The van der Waals surface area contributed by atoms with E-state index in [4.69, 9.17) is 21.5 Å². The highest BCUT2D eigenvalue weighted by atomic mass is 35.5. The van der Waals surface area contributed by atoms with E-state index in [1.165, 1.54) is 0 Å². The molecule has 222 valence electrons. The lowest BCUT2D eigenvalue weighted by Gasteiger charge is -2.35. The van der Waals surface area contributed by atoms with Gasteiger partial charge in [-0.05, 0) is 54.6 Å². The number of piperazine rings is 1. The van der Waals surface area contributed by atoms with Gasteiger partial charge in [-0.2, -0.15) is 13.2 Å². The molecule has 2 N–H and O–H groups in total. The Morgan fingerprint density at radius 2 is 1.28 bits per heavy atom. The molecule has 0 atom stereocenters. The average Bonchev–Trinajstić information content (AvgIpc) is 3.01. The Kier molecular flexibility index (Phi) is 9.94. The number of carbonyl (C=O) groups excluding carboxylic acids is 2. The Bertz CT molecular complexity index is 1560. The smallest absolute Gasteiger partial charge is 0.475 e. The lowest BCUT2D eigenvalue weighted by Crippen LogP contribution is -2.50. The molecule has 0 saturated carbocycles. The van der Waals surface area contributed by atoms with Gasteiger partial charge >= 0.3 is 12.1 Å². The maximum atomic E-state index is 13.0. The number of rotatable bonds is 5. The molecule has 13 heteroatoms. The van der Waals surface area contributed by atoms with E-state index in [1.54, 1.807) is 28.1 Å². The number of carboxylic acids is 1. The molecule has 0 radical (unpaired) electrons. The molecule has 0 spiro atoms. The second-order valence-corrected chi connectivity index (χ2v) is 9.66. The van der Waals surface area contributed by atoms with Crippen molar-refractivity contribution < 1.29 is 32.7 Å². The summed E-state index contributed by atoms with van der Waals surface area (Å²) in [4.78, 5) is 47.0. The highest BCUT2D eigenvalue weighted by Crippen LogP contribution is 2.22. The molecule has 1 aromatic heterocycles. The van der Waals surface area contributed by atoms with Crippen LogP contribution in [0.2, 0.25) is 5.02 Å². The van der Waals surface area contributed by atoms with Gasteiger partial charge in [0, 0.05) is 59.8 Å². The number of carbonyl (C=O) groups is 3. The number of nitrogens with one attached hydrogen (secondary N) is 1. The normalized spacial score (nSPS) is 13.0. The summed E-state index contributed by atoms with van der Waals surface area (Å²) in [6, 6.07) is 25.8. The first-order chi connectivity index (χ1) is 20.5. The van der Waals surface area contributed by atoms with Crippen molar-refractivity contribution in [2.45, 2.75) is 6.18 Å². The van der Waals surface area contributed by atoms with E-state index < -0.39 is 12.1 Å². The quantitative estimate of drug-likeness (QED) is 0.294. The molecule has 1 fully saturated rings. The summed E-state index contributed by atoms with van der Waals surface area (Å²) in [6.45, 7) is 2.03. The standard InChI is InChI=1S/C28H24ClN5O2.C2HF3O2/c29-23-10-6-20(7-11-23)25-14-15-30-28(32-25)31-24-12-8-22(9-13-24)27(36)34-18-16-33(17-19-34)26(35)21-4-2-1-3-5-21;3-2(4,5)1(6)7/h1-15H,16-19H2,(H,30,31,32);(H,6,7). The number of halogens is 4. The van der Waals surface area contributed by atoms with Crippen molar-refractivity contribution >= 4 is 41.0 Å². The molecule has 43 heavy (non-hydrogen) atoms. The molecule has 4 aromatic rings. The fraction of sp³-hybridized carbons (Fsp3) is 0.167. The average molecular weight is 612 g/mol. The van der Waals surface area contributed by atoms with Crippen LogP contribution < -0.4 is 5.32 Å². The van der Waals surface area contributed by atoms with Crippen LogP contribution in [0.25, 0.3) is 11.3 Å². The van der Waals surface area contributed by atoms with E-state index in [-0.39, 0.29) is 11.8 Å². The van der Waals surface area contributed by atoms with Crippen LogP contribution in [0.1, 0.15) is 20.7 Å². The van der Waals surface area contributed by atoms with E-state index in [0.29, 0.717) is 48.3 Å². The van der Waals surface area contributed by atoms with Gasteiger partial charge in [0.1, 0.15) is 0 Å². The molecule has 5 rings (SSSR count). The van der Waals surface area contributed by atoms with Crippen LogP contribution >= 0.6 is 11.6 Å². The third-order valence-corrected chi connectivity index (χ3v) is 6.55. The first-order valence-corrected chi connectivity index (χ1v) is 13.3. The number of amides is 2. The third-order valence-electron chi connectivity index (χ3n) is 6.30. The predicted molar refractivity (Wildman–Crippen MR) is 154 cm³/mol. The molecule has 0 aliphatic carbocycles. The molecule has 1 aliphatic rings. The molecule has 0 bridgehead atoms. The van der Waals surface area contributed by atoms with Crippen molar-refractivity contribution in [2.24, 2.45) is 0 Å². The summed E-state index contributed by atoms with van der Waals surface area (Å²) < 4.78 is 31.7. The van der Waals surface area contributed by atoms with Crippen molar-refractivity contribution in [3.05, 3.63) is 107 Å². The van der Waals surface area contributed by atoms with Gasteiger partial charge in [0.2, 0.25) is 5.95 Å². The highest BCUT2D eigenvalue weighted by Gasteiger charge is 2.38. The Labute approximate surface area is 249 Å². The van der Waals surface area contributed by atoms with E-state index in [0.717, 1.165) is 16.9 Å². The summed E-state index contributed by atoms with van der Waals surface area (Å²) >= 11 is 5.98. The number of hydrogen-bond donors (Lipinski definition) is 2. The number of aromatic nitrogens is 2. The molecule has 1 aliphatic heterocycles. The summed E-state index contributed by atoms with van der Waals surface area (Å²) in [6.07, 6.45) is -3.39. The first kappa shape index (κ1) is 31.0. The van der Waals surface area contributed by atoms with Crippen molar-refractivity contribution in [3.63, 3.8) is 0 Å². The number of hydrogen-bond acceptors (Lipinski definition) is 6. The van der Waals surface area contributed by atoms with Crippen LogP contribution in [-0.4, -0.2) is 75.0 Å². The topological polar surface area (TPSA) is 116 Å². The molecule has 3 aromatic carbocycles. The van der Waals surface area contributed by atoms with Crippen LogP contribution in [0, 0.1) is 0 Å². The lowest BCUT2D eigenvalue weighted by atomic mass is 10.1. The first-order valence-electron chi connectivity index (χ1n) is 12.9. The molecule has 9 nitrogen and oxygen atoms in total. The van der Waals surface area contributed by atoms with E-state index in [1.807, 2.05) is 72.8 Å². The number of anilines is 2. The van der Waals surface area contributed by atoms with Crippen molar-refractivity contribution in [3.8, 4) is 11.3 Å². The second kappa shape index (κ2) is 13.8. The number of alkyl halides is 3. The highest BCUT2D eigenvalue weighted by molar-refractivity contribution is 6.30. The molecule has 2 heterocycles. The molecule has 1 saturated heterocycles. The Balaban J connectivity index is 0.000000541. The van der Waals surface area contributed by atoms with Gasteiger partial charge in [-0.1, -0.05) is 41.9 Å². The monoisotopic (exact) mass is 611 g/mol. The Hall–Kier alpha value is -4.97. The van der Waals surface area contributed by atoms with Crippen molar-refractivity contribution in [2.75, 3.05) is 31.5 Å². The minimum atomic E-state index is -5.08. The largest absolute Gasteiger partial charge is 0.490 e. The molecule has 2 amide bonds. The molecule has 0 unspecified atom stereocenters. The second-order valence-electron chi connectivity index (χ2n) is 9.23. The minimum absolute atomic E-state index is 0.000442. The number of benzene rings is 3. The van der Waals surface area contributed by atoms with Crippen molar-refractivity contribution in [1.29, 1.82) is 0 Å². The van der Waals surface area contributed by atoms with E-state index in [9.17, 15) is 22.8 Å². The van der Waals surface area contributed by atoms with E-state index >= 15 is 0 Å². The minimum Gasteiger partial charge on any atom is -0.475 e. The summed E-state index contributed by atoms with van der Waals surface area (Å²) in [5.41, 5.74) is 3.76.